The van der Waals surface area contributed by atoms with Crippen molar-refractivity contribution in [2.24, 2.45) is 5.92 Å². The molecule has 1 saturated carbocycles. The molecule has 0 heterocycles. The van der Waals surface area contributed by atoms with Crippen LogP contribution in [0.3, 0.4) is 0 Å². The van der Waals surface area contributed by atoms with E-state index in [4.69, 9.17) is 0 Å². The highest BCUT2D eigenvalue weighted by Crippen LogP contribution is 2.33. The van der Waals surface area contributed by atoms with Crippen LogP contribution >= 0.6 is 15.9 Å². The molecule has 1 unspecified atom stereocenters. The molecule has 130 valence electrons. The number of amides is 1. The van der Waals surface area contributed by atoms with Gasteiger partial charge in [0.05, 0.1) is 6.10 Å². The number of hydrogen-bond acceptors (Lipinski definition) is 2. The van der Waals surface area contributed by atoms with Gasteiger partial charge in [0, 0.05) is 16.4 Å². The first-order chi connectivity index (χ1) is 11.5. The fourth-order valence-corrected chi connectivity index (χ4v) is 4.32. The second-order valence-electron chi connectivity index (χ2n) is 7.17. The van der Waals surface area contributed by atoms with Crippen LogP contribution in [0.5, 0.6) is 0 Å². The molecule has 0 aliphatic heterocycles. The minimum Gasteiger partial charge on any atom is -0.393 e. The normalized spacial score (nSPS) is 27.5. The second-order valence-corrected chi connectivity index (χ2v) is 8.09. The maximum absolute atomic E-state index is 12.5. The Kier molecular flexibility index (Phi) is 5.77. The summed E-state index contributed by atoms with van der Waals surface area (Å²) >= 11 is 3.51. The van der Waals surface area contributed by atoms with Crippen LogP contribution in [0.15, 0.2) is 28.7 Å². The lowest BCUT2D eigenvalue weighted by Crippen LogP contribution is -2.41. The van der Waals surface area contributed by atoms with Gasteiger partial charge in [-0.1, -0.05) is 28.1 Å². The van der Waals surface area contributed by atoms with Gasteiger partial charge in [0.15, 0.2) is 0 Å². The Labute approximate surface area is 152 Å². The van der Waals surface area contributed by atoms with E-state index >= 15 is 0 Å². The Balaban J connectivity index is 1.57. The molecular formula is C20H26BrNO2. The van der Waals surface area contributed by atoms with Crippen molar-refractivity contribution < 1.29 is 9.90 Å². The quantitative estimate of drug-likeness (QED) is 0.803. The standard InChI is InChI=1S/C20H26BrNO2/c1-13-12-16(21)6-11-19(13)14-2-4-15(5-3-14)20(24)22-17-7-9-18(23)10-8-17/h2,6,11-12,15,17-18,23H,3-5,7-10H2,1H3,(H,22,24). The number of aryl methyl sites for hydroxylation is 1. The van der Waals surface area contributed by atoms with E-state index in [-0.39, 0.29) is 24.0 Å². The Hall–Kier alpha value is -1.13. The molecule has 4 heteroatoms. The molecule has 3 rings (SSSR count). The maximum Gasteiger partial charge on any atom is 0.223 e. The van der Waals surface area contributed by atoms with Gasteiger partial charge in [-0.25, -0.2) is 0 Å². The number of aliphatic hydroxyl groups excluding tert-OH is 1. The molecule has 0 spiro atoms. The van der Waals surface area contributed by atoms with Crippen LogP contribution < -0.4 is 5.32 Å². The van der Waals surface area contributed by atoms with Gasteiger partial charge in [-0.05, 0) is 80.7 Å². The largest absolute Gasteiger partial charge is 0.393 e. The summed E-state index contributed by atoms with van der Waals surface area (Å²) in [6.45, 7) is 2.14. The zero-order valence-corrected chi connectivity index (χ0v) is 15.8. The summed E-state index contributed by atoms with van der Waals surface area (Å²) in [4.78, 5) is 12.5. The summed E-state index contributed by atoms with van der Waals surface area (Å²) in [6.07, 6.45) is 8.20. The van der Waals surface area contributed by atoms with Crippen LogP contribution in [0.1, 0.15) is 56.1 Å². The van der Waals surface area contributed by atoms with E-state index in [0.717, 1.165) is 49.4 Å². The third-order valence-electron chi connectivity index (χ3n) is 5.36. The van der Waals surface area contributed by atoms with E-state index < -0.39 is 0 Å². The number of rotatable bonds is 3. The first-order valence-corrected chi connectivity index (χ1v) is 9.76. The maximum atomic E-state index is 12.5. The predicted octanol–water partition coefficient (Wildman–Crippen LogP) is 4.36. The molecular weight excluding hydrogens is 366 g/mol. The lowest BCUT2D eigenvalue weighted by Gasteiger charge is -2.29. The smallest absolute Gasteiger partial charge is 0.223 e. The molecule has 3 nitrogen and oxygen atoms in total. The van der Waals surface area contributed by atoms with Gasteiger partial charge in [-0.15, -0.1) is 0 Å². The number of carbonyl (C=O) groups is 1. The predicted molar refractivity (Wildman–Crippen MR) is 101 cm³/mol. The number of nitrogens with one attached hydrogen (secondary N) is 1. The van der Waals surface area contributed by atoms with Crippen LogP contribution in [0.4, 0.5) is 0 Å². The fraction of sp³-hybridized carbons (Fsp3) is 0.550. The number of hydrogen-bond donors (Lipinski definition) is 2. The Bertz CT molecular complexity index is 633. The van der Waals surface area contributed by atoms with Crippen molar-refractivity contribution in [2.45, 2.75) is 64.0 Å². The highest BCUT2D eigenvalue weighted by molar-refractivity contribution is 9.10. The van der Waals surface area contributed by atoms with Gasteiger partial charge < -0.3 is 10.4 Å². The minimum absolute atomic E-state index is 0.0938. The third kappa shape index (κ3) is 4.28. The summed E-state index contributed by atoms with van der Waals surface area (Å²) in [5.41, 5.74) is 3.95. The Morgan fingerprint density at radius 1 is 1.21 bits per heavy atom. The molecule has 0 saturated heterocycles. The summed E-state index contributed by atoms with van der Waals surface area (Å²) in [5.74, 6) is 0.288. The van der Waals surface area contributed by atoms with E-state index in [1.165, 1.54) is 16.7 Å². The second kappa shape index (κ2) is 7.83. The number of allylic oxidation sites excluding steroid dienone is 2. The monoisotopic (exact) mass is 391 g/mol. The molecule has 2 aliphatic carbocycles. The van der Waals surface area contributed by atoms with Crippen LogP contribution in [0.2, 0.25) is 0 Å². The minimum atomic E-state index is -0.174. The number of aliphatic hydroxyl groups is 1. The summed E-state index contributed by atoms with van der Waals surface area (Å²) in [6, 6.07) is 6.64. The molecule has 1 aromatic rings. The summed E-state index contributed by atoms with van der Waals surface area (Å²) in [7, 11) is 0. The van der Waals surface area contributed by atoms with Crippen LogP contribution in [0, 0.1) is 12.8 Å². The van der Waals surface area contributed by atoms with Gasteiger partial charge in [0.25, 0.3) is 0 Å². The van der Waals surface area contributed by atoms with Gasteiger partial charge in [0.2, 0.25) is 5.91 Å². The SMILES string of the molecule is Cc1cc(Br)ccc1C1=CCC(C(=O)NC2CCC(O)CC2)CC1. The zero-order chi connectivity index (χ0) is 17.1. The summed E-state index contributed by atoms with van der Waals surface area (Å²) in [5, 5.41) is 12.8. The molecule has 0 aromatic heterocycles. The van der Waals surface area contributed by atoms with Gasteiger partial charge >= 0.3 is 0 Å². The summed E-state index contributed by atoms with van der Waals surface area (Å²) < 4.78 is 1.11. The number of halogens is 1. The number of benzene rings is 1. The van der Waals surface area contributed by atoms with Gasteiger partial charge in [0.1, 0.15) is 0 Å². The van der Waals surface area contributed by atoms with Crippen LogP contribution in [-0.2, 0) is 4.79 Å². The van der Waals surface area contributed by atoms with Crippen molar-refractivity contribution in [2.75, 3.05) is 0 Å². The molecule has 1 aromatic carbocycles. The average Bonchev–Trinajstić information content (AvgIpc) is 2.57. The average molecular weight is 392 g/mol. The third-order valence-corrected chi connectivity index (χ3v) is 5.85. The number of carbonyl (C=O) groups excluding carboxylic acids is 1. The highest BCUT2D eigenvalue weighted by Gasteiger charge is 2.26. The molecule has 24 heavy (non-hydrogen) atoms. The van der Waals surface area contributed by atoms with E-state index in [0.29, 0.717) is 0 Å². The van der Waals surface area contributed by atoms with E-state index in [1.807, 2.05) is 0 Å². The molecule has 1 atom stereocenters. The highest BCUT2D eigenvalue weighted by atomic mass is 79.9. The Morgan fingerprint density at radius 3 is 2.58 bits per heavy atom. The molecule has 0 bridgehead atoms. The van der Waals surface area contributed by atoms with Crippen molar-refractivity contribution >= 4 is 27.4 Å². The van der Waals surface area contributed by atoms with E-state index in [9.17, 15) is 9.90 Å². The zero-order valence-electron chi connectivity index (χ0n) is 14.2. The topological polar surface area (TPSA) is 49.3 Å². The van der Waals surface area contributed by atoms with Crippen molar-refractivity contribution in [3.63, 3.8) is 0 Å². The van der Waals surface area contributed by atoms with Crippen molar-refractivity contribution in [3.8, 4) is 0 Å². The van der Waals surface area contributed by atoms with Crippen molar-refractivity contribution in [1.29, 1.82) is 0 Å². The molecule has 0 radical (unpaired) electrons. The molecule has 1 fully saturated rings. The Morgan fingerprint density at radius 2 is 1.96 bits per heavy atom. The van der Waals surface area contributed by atoms with Crippen LogP contribution in [-0.4, -0.2) is 23.2 Å². The van der Waals surface area contributed by atoms with Gasteiger partial charge in [-0.2, -0.15) is 0 Å². The van der Waals surface area contributed by atoms with E-state index in [1.54, 1.807) is 0 Å². The van der Waals surface area contributed by atoms with Gasteiger partial charge in [-0.3, -0.25) is 4.79 Å². The van der Waals surface area contributed by atoms with E-state index in [2.05, 4.69) is 52.4 Å². The molecule has 1 amide bonds. The molecule has 2 aliphatic rings. The van der Waals surface area contributed by atoms with Crippen molar-refractivity contribution in [3.05, 3.63) is 39.9 Å². The lowest BCUT2D eigenvalue weighted by atomic mass is 9.84. The fourth-order valence-electron chi connectivity index (χ4n) is 3.84. The first-order valence-electron chi connectivity index (χ1n) is 8.97. The van der Waals surface area contributed by atoms with Crippen LogP contribution in [0.25, 0.3) is 5.57 Å². The lowest BCUT2D eigenvalue weighted by molar-refractivity contribution is -0.126. The first kappa shape index (κ1) is 17.7. The van der Waals surface area contributed by atoms with Crippen molar-refractivity contribution in [1.82, 2.24) is 5.32 Å². The molecule has 2 N–H and O–H groups in total.